The molecule has 1 spiro atoms. The molecule has 0 aromatic carbocycles. The maximum Gasteiger partial charge on any atom is 0.187 e. The van der Waals surface area contributed by atoms with E-state index >= 15 is 0 Å². The molecule has 0 amide bonds. The van der Waals surface area contributed by atoms with E-state index in [-0.39, 0.29) is 17.6 Å². The van der Waals surface area contributed by atoms with Crippen LogP contribution in [-0.4, -0.2) is 164 Å². The highest BCUT2D eigenvalue weighted by Crippen LogP contribution is 2.61. The van der Waals surface area contributed by atoms with Gasteiger partial charge in [0.15, 0.2) is 24.7 Å². The van der Waals surface area contributed by atoms with Gasteiger partial charge in [-0.2, -0.15) is 0 Å². The molecule has 8 aliphatic rings. The Morgan fingerprint density at radius 2 is 1.39 bits per heavy atom. The Kier molecular flexibility index (Phi) is 14.6. The lowest BCUT2D eigenvalue weighted by molar-refractivity contribution is -0.388. The first kappa shape index (κ1) is 47.6. The summed E-state index contributed by atoms with van der Waals surface area (Å²) in [6.07, 6.45) is -8.14. The van der Waals surface area contributed by atoms with Gasteiger partial charge in [-0.05, 0) is 100 Å². The summed E-state index contributed by atoms with van der Waals surface area (Å²) in [6, 6.07) is 0. The van der Waals surface area contributed by atoms with Crippen LogP contribution in [0.15, 0.2) is 11.6 Å². The second-order valence-electron chi connectivity index (χ2n) is 20.7. The van der Waals surface area contributed by atoms with Crippen LogP contribution in [0.4, 0.5) is 0 Å². The van der Waals surface area contributed by atoms with E-state index in [9.17, 15) is 40.9 Å². The van der Waals surface area contributed by atoms with E-state index in [1.807, 2.05) is 0 Å². The molecule has 62 heavy (non-hydrogen) atoms. The first-order chi connectivity index (χ1) is 29.5. The molecule has 25 atom stereocenters. The van der Waals surface area contributed by atoms with Crippen molar-refractivity contribution in [3.05, 3.63) is 11.6 Å². The molecule has 5 saturated heterocycles. The third-order valence-electron chi connectivity index (χ3n) is 16.8. The summed E-state index contributed by atoms with van der Waals surface area (Å²) in [4.78, 5) is 0. The van der Waals surface area contributed by atoms with Gasteiger partial charge in [0.1, 0.15) is 61.0 Å². The standard InChI is InChI=1S/C46H76O16/c1-7-8-9-30-28(25-16-29-22(3)46(62-31(29)17-25)15-12-21(2)20-55-46)11-10-26-18-27(13-14-45(26,30)6)58-44-41(61-43-38(53)36(51)34(49)24(5)57-43)39(54)40(32(19-47)59-44)60-42-37(52)35(50)33(48)23(4)56-42/h10,21-25,27-44,47-54H,7-9,11-20H2,1-6H3. The van der Waals surface area contributed by atoms with Crippen molar-refractivity contribution in [2.24, 2.45) is 40.9 Å². The fourth-order valence-electron chi connectivity index (χ4n) is 12.8. The fraction of sp³-hybridized carbons (Fsp3) is 0.957. The predicted molar refractivity (Wildman–Crippen MR) is 220 cm³/mol. The zero-order valence-electron chi connectivity index (χ0n) is 37.4. The Labute approximate surface area is 366 Å². The van der Waals surface area contributed by atoms with Gasteiger partial charge in [-0.25, -0.2) is 0 Å². The summed E-state index contributed by atoms with van der Waals surface area (Å²) in [6.45, 7) is 12.4. The molecule has 8 rings (SSSR count). The highest BCUT2D eigenvalue weighted by atomic mass is 16.8. The van der Waals surface area contributed by atoms with Crippen molar-refractivity contribution in [1.29, 1.82) is 0 Å². The number of aliphatic hydroxyl groups is 8. The van der Waals surface area contributed by atoms with Crippen LogP contribution in [0, 0.1) is 40.9 Å². The van der Waals surface area contributed by atoms with E-state index in [2.05, 4.69) is 33.8 Å². The van der Waals surface area contributed by atoms with Crippen LogP contribution < -0.4 is 0 Å². The first-order valence-corrected chi connectivity index (χ1v) is 23.8. The van der Waals surface area contributed by atoms with Gasteiger partial charge >= 0.3 is 0 Å². The summed E-state index contributed by atoms with van der Waals surface area (Å²) >= 11 is 0. The van der Waals surface area contributed by atoms with Crippen molar-refractivity contribution in [1.82, 2.24) is 0 Å². The van der Waals surface area contributed by atoms with Gasteiger partial charge in [0.05, 0.1) is 37.6 Å². The number of unbranched alkanes of at least 4 members (excludes halogenated alkanes) is 1. The number of allylic oxidation sites excluding steroid dienone is 1. The van der Waals surface area contributed by atoms with Crippen LogP contribution in [0.25, 0.3) is 0 Å². The van der Waals surface area contributed by atoms with Crippen LogP contribution in [-0.2, 0) is 37.9 Å². The Hall–Kier alpha value is -0.900. The van der Waals surface area contributed by atoms with Crippen LogP contribution in [0.3, 0.4) is 0 Å². The van der Waals surface area contributed by atoms with E-state index in [1.165, 1.54) is 25.8 Å². The molecule has 7 fully saturated rings. The number of ether oxygens (including phenoxy) is 8. The Morgan fingerprint density at radius 1 is 0.726 bits per heavy atom. The SMILES string of the molecule is CCCCC1C(C2CC3OC4(CCC(C)CO4)C(C)C3C2)CC=C2CC(OC3OC(CO)C(OC4OC(C)C(O)C(O)C4O)C(O)C3OC3OC(C)C(O)C(O)C3O)CCC21C. The predicted octanol–water partition coefficient (Wildman–Crippen LogP) is 2.02. The molecular formula is C46H76O16. The second-order valence-corrected chi connectivity index (χ2v) is 20.7. The van der Waals surface area contributed by atoms with Crippen molar-refractivity contribution < 1.29 is 78.7 Å². The topological polar surface area (TPSA) is 236 Å². The van der Waals surface area contributed by atoms with E-state index in [1.54, 1.807) is 0 Å². The summed E-state index contributed by atoms with van der Waals surface area (Å²) in [5.74, 6) is 2.67. The summed E-state index contributed by atoms with van der Waals surface area (Å²) in [5.41, 5.74) is 1.31. The average Bonchev–Trinajstić information content (AvgIpc) is 3.77. The van der Waals surface area contributed by atoms with Crippen molar-refractivity contribution in [2.75, 3.05) is 13.2 Å². The van der Waals surface area contributed by atoms with Gasteiger partial charge in [-0.1, -0.05) is 52.2 Å². The molecule has 0 bridgehead atoms. The van der Waals surface area contributed by atoms with Gasteiger partial charge in [-0.3, -0.25) is 0 Å². The normalized spacial score (nSPS) is 54.5. The van der Waals surface area contributed by atoms with Gasteiger partial charge in [0, 0.05) is 12.3 Å². The van der Waals surface area contributed by atoms with E-state index in [4.69, 9.17) is 37.9 Å². The number of fused-ring (bicyclic) bond motifs is 2. The minimum Gasteiger partial charge on any atom is -0.394 e. The van der Waals surface area contributed by atoms with Crippen LogP contribution >= 0.6 is 0 Å². The quantitative estimate of drug-likeness (QED) is 0.139. The monoisotopic (exact) mass is 885 g/mol. The molecule has 16 heteroatoms. The fourth-order valence-corrected chi connectivity index (χ4v) is 12.8. The number of rotatable bonds is 11. The molecule has 356 valence electrons. The molecular weight excluding hydrogens is 808 g/mol. The molecule has 8 N–H and O–H groups in total. The molecule has 5 aliphatic heterocycles. The van der Waals surface area contributed by atoms with Gasteiger partial charge < -0.3 is 78.7 Å². The van der Waals surface area contributed by atoms with E-state index in [0.717, 1.165) is 58.0 Å². The molecule has 0 aromatic heterocycles. The lowest BCUT2D eigenvalue weighted by atomic mass is 9.53. The van der Waals surface area contributed by atoms with Crippen molar-refractivity contribution in [2.45, 2.75) is 222 Å². The third-order valence-corrected chi connectivity index (χ3v) is 16.8. The Morgan fingerprint density at radius 3 is 1.98 bits per heavy atom. The molecule has 3 aliphatic carbocycles. The maximum atomic E-state index is 12.0. The molecule has 25 unspecified atom stereocenters. The second kappa shape index (κ2) is 19.0. The zero-order valence-corrected chi connectivity index (χ0v) is 37.4. The van der Waals surface area contributed by atoms with Crippen LogP contribution in [0.1, 0.15) is 112 Å². The van der Waals surface area contributed by atoms with Gasteiger partial charge in [0.2, 0.25) is 0 Å². The Bertz CT molecular complexity index is 1530. The molecule has 5 heterocycles. The molecule has 2 saturated carbocycles. The van der Waals surface area contributed by atoms with E-state index < -0.39 is 105 Å². The lowest BCUT2D eigenvalue weighted by Gasteiger charge is -2.53. The zero-order chi connectivity index (χ0) is 44.4. The summed E-state index contributed by atoms with van der Waals surface area (Å²) < 4.78 is 50.0. The molecule has 0 radical (unpaired) electrons. The van der Waals surface area contributed by atoms with E-state index in [0.29, 0.717) is 48.3 Å². The largest absolute Gasteiger partial charge is 0.394 e. The highest BCUT2D eigenvalue weighted by molar-refractivity contribution is 5.24. The maximum absolute atomic E-state index is 12.0. The molecule has 16 nitrogen and oxygen atoms in total. The Balaban J connectivity index is 0.990. The third kappa shape index (κ3) is 8.74. The minimum atomic E-state index is -1.71. The lowest BCUT2D eigenvalue weighted by Crippen LogP contribution is -2.66. The van der Waals surface area contributed by atoms with Gasteiger partial charge in [-0.15, -0.1) is 0 Å². The average molecular weight is 885 g/mol. The summed E-state index contributed by atoms with van der Waals surface area (Å²) in [5, 5.41) is 86.0. The smallest absolute Gasteiger partial charge is 0.187 e. The number of aliphatic hydroxyl groups excluding tert-OH is 8. The minimum absolute atomic E-state index is 0.0371. The first-order valence-electron chi connectivity index (χ1n) is 23.8. The highest BCUT2D eigenvalue weighted by Gasteiger charge is 2.60. The van der Waals surface area contributed by atoms with Crippen LogP contribution in [0.5, 0.6) is 0 Å². The van der Waals surface area contributed by atoms with Crippen LogP contribution in [0.2, 0.25) is 0 Å². The van der Waals surface area contributed by atoms with Gasteiger partial charge in [0.25, 0.3) is 0 Å². The number of hydrogen-bond acceptors (Lipinski definition) is 16. The van der Waals surface area contributed by atoms with Crippen molar-refractivity contribution in [3.63, 3.8) is 0 Å². The van der Waals surface area contributed by atoms with Crippen molar-refractivity contribution in [3.8, 4) is 0 Å². The number of hydrogen-bond donors (Lipinski definition) is 8. The van der Waals surface area contributed by atoms with Crippen molar-refractivity contribution >= 4 is 0 Å². The summed E-state index contributed by atoms with van der Waals surface area (Å²) in [7, 11) is 0. The molecule has 0 aromatic rings.